The van der Waals surface area contributed by atoms with E-state index >= 15 is 0 Å². The van der Waals surface area contributed by atoms with E-state index in [1.54, 1.807) is 6.07 Å². The lowest BCUT2D eigenvalue weighted by atomic mass is 10.1. The van der Waals surface area contributed by atoms with E-state index in [9.17, 15) is 4.79 Å². The van der Waals surface area contributed by atoms with E-state index in [1.165, 1.54) is 11.3 Å². The van der Waals surface area contributed by atoms with Crippen molar-refractivity contribution >= 4 is 22.9 Å². The van der Waals surface area contributed by atoms with Crippen LogP contribution in [-0.4, -0.2) is 17.6 Å². The van der Waals surface area contributed by atoms with E-state index in [0.29, 0.717) is 10.6 Å². The lowest BCUT2D eigenvalue weighted by Crippen LogP contribution is -2.10. The Bertz CT molecular complexity index is 715. The maximum absolute atomic E-state index is 12.2. The second-order valence-corrected chi connectivity index (χ2v) is 6.11. The van der Waals surface area contributed by atoms with E-state index < -0.39 is 0 Å². The topological polar surface area (TPSA) is 49.3 Å². The minimum Gasteiger partial charge on any atom is -0.384 e. The number of benzene rings is 1. The molecule has 0 bridgehead atoms. The van der Waals surface area contributed by atoms with Crippen LogP contribution in [0.2, 0.25) is 0 Å². The summed E-state index contributed by atoms with van der Waals surface area (Å²) in [6.45, 7) is 5.77. The fourth-order valence-electron chi connectivity index (χ4n) is 1.95. The summed E-state index contributed by atoms with van der Waals surface area (Å²) < 4.78 is 0. The monoisotopic (exact) mass is 299 g/mol. The van der Waals surface area contributed by atoms with Crippen molar-refractivity contribution in [3.8, 4) is 11.8 Å². The van der Waals surface area contributed by atoms with Gasteiger partial charge in [-0.25, -0.2) is 0 Å². The molecule has 21 heavy (non-hydrogen) atoms. The third-order valence-corrected chi connectivity index (χ3v) is 4.19. The molecule has 2 rings (SSSR count). The summed E-state index contributed by atoms with van der Waals surface area (Å²) in [6.07, 6.45) is 0. The van der Waals surface area contributed by atoms with Gasteiger partial charge in [0.2, 0.25) is 0 Å². The molecule has 1 aromatic carbocycles. The second kappa shape index (κ2) is 6.57. The smallest absolute Gasteiger partial charge is 0.265 e. The van der Waals surface area contributed by atoms with Gasteiger partial charge in [0.15, 0.2) is 0 Å². The molecule has 0 saturated heterocycles. The molecule has 0 unspecified atom stereocenters. The van der Waals surface area contributed by atoms with Gasteiger partial charge in [0.05, 0.1) is 4.88 Å². The zero-order chi connectivity index (χ0) is 15.4. The highest BCUT2D eigenvalue weighted by molar-refractivity contribution is 7.14. The first-order chi connectivity index (χ1) is 9.99. The molecule has 0 spiro atoms. The number of amides is 1. The molecule has 0 saturated carbocycles. The molecule has 0 aliphatic rings. The lowest BCUT2D eigenvalue weighted by Gasteiger charge is -2.06. The van der Waals surface area contributed by atoms with E-state index in [1.807, 2.05) is 39.0 Å². The highest BCUT2D eigenvalue weighted by Gasteiger charge is 2.11. The Morgan fingerprint density at radius 2 is 2.00 bits per heavy atom. The minimum atomic E-state index is -0.177. The maximum atomic E-state index is 12.2. The van der Waals surface area contributed by atoms with Gasteiger partial charge >= 0.3 is 0 Å². The number of carbonyl (C=O) groups is 1. The molecule has 2 aromatic rings. The molecule has 1 heterocycles. The van der Waals surface area contributed by atoms with Crippen LogP contribution in [0.1, 0.15) is 31.2 Å². The van der Waals surface area contributed by atoms with Gasteiger partial charge < -0.3 is 10.4 Å². The van der Waals surface area contributed by atoms with E-state index in [0.717, 1.165) is 21.6 Å². The van der Waals surface area contributed by atoms with Crippen LogP contribution >= 0.6 is 11.3 Å². The van der Waals surface area contributed by atoms with Gasteiger partial charge in [0.25, 0.3) is 5.91 Å². The summed E-state index contributed by atoms with van der Waals surface area (Å²) in [4.78, 5) is 14.1. The minimum absolute atomic E-state index is 0.108. The highest BCUT2D eigenvalue weighted by atomic mass is 32.1. The molecule has 0 fully saturated rings. The first-order valence-corrected chi connectivity index (χ1v) is 7.41. The number of aliphatic hydroxyl groups is 1. The molecule has 3 nitrogen and oxygen atoms in total. The Morgan fingerprint density at radius 1 is 1.24 bits per heavy atom. The van der Waals surface area contributed by atoms with Crippen LogP contribution in [-0.2, 0) is 0 Å². The van der Waals surface area contributed by atoms with Gasteiger partial charge in [-0.2, -0.15) is 0 Å². The summed E-state index contributed by atoms with van der Waals surface area (Å²) in [5, 5.41) is 11.6. The Kier molecular flexibility index (Phi) is 4.79. The van der Waals surface area contributed by atoms with Crippen LogP contribution in [0.4, 0.5) is 5.69 Å². The number of carbonyl (C=O) groups excluding carboxylic acids is 1. The standard InChI is InChI=1S/C17H17NO2S/c1-11-7-14(5-4-6-19)10-15(8-11)18-17(20)16-9-12(2)13(3)21-16/h7-10,19H,6H2,1-3H3,(H,18,20). The SMILES string of the molecule is Cc1cc(C#CCO)cc(NC(=O)c2cc(C)c(C)s2)c1. The number of nitrogens with one attached hydrogen (secondary N) is 1. The van der Waals surface area contributed by atoms with E-state index in [4.69, 9.17) is 5.11 Å². The van der Waals surface area contributed by atoms with Crippen molar-refractivity contribution in [3.63, 3.8) is 0 Å². The number of hydrogen-bond donors (Lipinski definition) is 2. The predicted molar refractivity (Wildman–Crippen MR) is 86.9 cm³/mol. The van der Waals surface area contributed by atoms with Crippen LogP contribution in [0.3, 0.4) is 0 Å². The van der Waals surface area contributed by atoms with Crippen molar-refractivity contribution in [3.05, 3.63) is 50.7 Å². The normalized spacial score (nSPS) is 9.90. The number of hydrogen-bond acceptors (Lipinski definition) is 3. The van der Waals surface area contributed by atoms with Crippen molar-refractivity contribution < 1.29 is 9.90 Å². The van der Waals surface area contributed by atoms with Crippen LogP contribution in [0, 0.1) is 32.6 Å². The first kappa shape index (κ1) is 15.3. The zero-order valence-electron chi connectivity index (χ0n) is 12.3. The number of rotatable bonds is 2. The Hall–Kier alpha value is -2.09. The fraction of sp³-hybridized carbons (Fsp3) is 0.235. The molecule has 1 aromatic heterocycles. The van der Waals surface area contributed by atoms with Crippen LogP contribution in [0.15, 0.2) is 24.3 Å². The second-order valence-electron chi connectivity index (χ2n) is 4.85. The average molecular weight is 299 g/mol. The molecule has 0 aliphatic heterocycles. The Labute approximate surface area is 128 Å². The molecule has 4 heteroatoms. The fourth-order valence-corrected chi connectivity index (χ4v) is 2.88. The number of anilines is 1. The van der Waals surface area contributed by atoms with Crippen LogP contribution in [0.5, 0.6) is 0 Å². The van der Waals surface area contributed by atoms with Crippen LogP contribution in [0.25, 0.3) is 0 Å². The summed E-state index contributed by atoms with van der Waals surface area (Å²) in [6, 6.07) is 7.52. The number of aryl methyl sites for hydroxylation is 3. The quantitative estimate of drug-likeness (QED) is 0.836. The van der Waals surface area contributed by atoms with Crippen molar-refractivity contribution in [2.75, 3.05) is 11.9 Å². The Balaban J connectivity index is 2.22. The van der Waals surface area contributed by atoms with Crippen molar-refractivity contribution in [2.45, 2.75) is 20.8 Å². The summed E-state index contributed by atoms with van der Waals surface area (Å²) >= 11 is 1.49. The van der Waals surface area contributed by atoms with Crippen molar-refractivity contribution in [1.29, 1.82) is 0 Å². The molecular weight excluding hydrogens is 282 g/mol. The van der Waals surface area contributed by atoms with Gasteiger partial charge in [-0.1, -0.05) is 11.8 Å². The molecule has 2 N–H and O–H groups in total. The first-order valence-electron chi connectivity index (χ1n) is 6.59. The summed E-state index contributed by atoms with van der Waals surface area (Å²) in [5.74, 6) is 5.35. The molecule has 0 atom stereocenters. The van der Waals surface area contributed by atoms with Gasteiger partial charge in [0, 0.05) is 16.1 Å². The van der Waals surface area contributed by atoms with Gasteiger partial charge in [-0.05, 0) is 56.2 Å². The summed E-state index contributed by atoms with van der Waals surface area (Å²) in [7, 11) is 0. The van der Waals surface area contributed by atoms with Gasteiger partial charge in [0.1, 0.15) is 6.61 Å². The highest BCUT2D eigenvalue weighted by Crippen LogP contribution is 2.22. The van der Waals surface area contributed by atoms with Gasteiger partial charge in [-0.15, -0.1) is 11.3 Å². The van der Waals surface area contributed by atoms with E-state index in [2.05, 4.69) is 17.2 Å². The third-order valence-electron chi connectivity index (χ3n) is 3.04. The third kappa shape index (κ3) is 3.94. The van der Waals surface area contributed by atoms with Gasteiger partial charge in [-0.3, -0.25) is 4.79 Å². The molecule has 0 radical (unpaired) electrons. The van der Waals surface area contributed by atoms with Crippen LogP contribution < -0.4 is 5.32 Å². The molecule has 1 amide bonds. The average Bonchev–Trinajstić information content (AvgIpc) is 2.76. The van der Waals surface area contributed by atoms with E-state index in [-0.39, 0.29) is 12.5 Å². The van der Waals surface area contributed by atoms with Crippen molar-refractivity contribution in [1.82, 2.24) is 0 Å². The number of aliphatic hydroxyl groups excluding tert-OH is 1. The molecule has 0 aliphatic carbocycles. The zero-order valence-corrected chi connectivity index (χ0v) is 13.1. The van der Waals surface area contributed by atoms with Crippen molar-refractivity contribution in [2.24, 2.45) is 0 Å². The maximum Gasteiger partial charge on any atom is 0.265 e. The predicted octanol–water partition coefficient (Wildman–Crippen LogP) is 3.27. The molecule has 108 valence electrons. The largest absolute Gasteiger partial charge is 0.384 e. The summed E-state index contributed by atoms with van der Waals surface area (Å²) in [5.41, 5.74) is 3.63. The number of thiophene rings is 1. The lowest BCUT2D eigenvalue weighted by molar-refractivity contribution is 0.103. The Morgan fingerprint density at radius 3 is 2.62 bits per heavy atom. The molecular formula is C17H17NO2S.